The lowest BCUT2D eigenvalue weighted by Gasteiger charge is -2.22. The molecule has 102 valence electrons. The maximum Gasteiger partial charge on any atom is 0.122 e. The Labute approximate surface area is 114 Å². The number of nitrogens with zero attached hydrogens (tertiary/aromatic N) is 1. The lowest BCUT2D eigenvalue weighted by atomic mass is 10.1. The van der Waals surface area contributed by atoms with Gasteiger partial charge in [-0.3, -0.25) is 4.90 Å². The van der Waals surface area contributed by atoms with Gasteiger partial charge in [0.1, 0.15) is 5.76 Å². The van der Waals surface area contributed by atoms with Crippen LogP contribution in [0.4, 0.5) is 0 Å². The molecule has 3 nitrogen and oxygen atoms in total. The van der Waals surface area contributed by atoms with Crippen LogP contribution < -0.4 is 5.32 Å². The van der Waals surface area contributed by atoms with Crippen LogP contribution in [0.5, 0.6) is 0 Å². The highest BCUT2D eigenvalue weighted by Crippen LogP contribution is 2.31. The fraction of sp³-hybridized carbons (Fsp3) is 0.714. The molecule has 2 heterocycles. The third kappa shape index (κ3) is 3.77. The first-order chi connectivity index (χ1) is 8.61. The molecule has 1 saturated heterocycles. The Hall–Kier alpha value is -0.450. The molecule has 0 radical (unpaired) electrons. The smallest absolute Gasteiger partial charge is 0.122 e. The summed E-state index contributed by atoms with van der Waals surface area (Å²) in [6.07, 6.45) is 3.06. The van der Waals surface area contributed by atoms with E-state index in [9.17, 15) is 0 Å². The third-order valence-corrected chi connectivity index (χ3v) is 4.87. The summed E-state index contributed by atoms with van der Waals surface area (Å²) in [6, 6.07) is 2.11. The van der Waals surface area contributed by atoms with Gasteiger partial charge < -0.3 is 9.73 Å². The van der Waals surface area contributed by atoms with E-state index in [0.29, 0.717) is 4.75 Å². The molecule has 0 bridgehead atoms. The standard InChI is InChI=1S/C14H24N2OS/c1-14(2)5-6-16(7-9-18-14)11-12-4-8-17-13(12)10-15-3/h4,8,15H,5-7,9-11H2,1-3H3. The van der Waals surface area contributed by atoms with Gasteiger partial charge in [-0.1, -0.05) is 13.8 Å². The van der Waals surface area contributed by atoms with E-state index in [1.165, 1.54) is 30.8 Å². The molecule has 0 aliphatic carbocycles. The summed E-state index contributed by atoms with van der Waals surface area (Å²) in [5, 5.41) is 3.16. The second kappa shape index (κ2) is 6.13. The van der Waals surface area contributed by atoms with E-state index >= 15 is 0 Å². The van der Waals surface area contributed by atoms with Gasteiger partial charge in [-0.15, -0.1) is 0 Å². The quantitative estimate of drug-likeness (QED) is 0.909. The van der Waals surface area contributed by atoms with E-state index in [0.717, 1.165) is 18.8 Å². The predicted molar refractivity (Wildman–Crippen MR) is 77.9 cm³/mol. The zero-order valence-corrected chi connectivity index (χ0v) is 12.5. The van der Waals surface area contributed by atoms with Gasteiger partial charge in [0.05, 0.1) is 12.8 Å². The van der Waals surface area contributed by atoms with Crippen molar-refractivity contribution in [1.82, 2.24) is 10.2 Å². The van der Waals surface area contributed by atoms with Gasteiger partial charge in [-0.05, 0) is 26.1 Å². The number of furan rings is 1. The monoisotopic (exact) mass is 268 g/mol. The highest BCUT2D eigenvalue weighted by atomic mass is 32.2. The summed E-state index contributed by atoms with van der Waals surface area (Å²) >= 11 is 2.09. The molecule has 0 saturated carbocycles. The van der Waals surface area contributed by atoms with Crippen LogP contribution >= 0.6 is 11.8 Å². The van der Waals surface area contributed by atoms with Crippen molar-refractivity contribution in [3.05, 3.63) is 23.7 Å². The molecule has 2 rings (SSSR count). The fourth-order valence-corrected chi connectivity index (χ4v) is 3.42. The summed E-state index contributed by atoms with van der Waals surface area (Å²) in [7, 11) is 1.96. The van der Waals surface area contributed by atoms with Gasteiger partial charge >= 0.3 is 0 Å². The van der Waals surface area contributed by atoms with Gasteiger partial charge in [0, 0.05) is 29.2 Å². The van der Waals surface area contributed by atoms with Crippen molar-refractivity contribution in [2.75, 3.05) is 25.9 Å². The van der Waals surface area contributed by atoms with Crippen molar-refractivity contribution in [1.29, 1.82) is 0 Å². The number of hydrogen-bond acceptors (Lipinski definition) is 4. The molecular formula is C14H24N2OS. The van der Waals surface area contributed by atoms with Crippen LogP contribution in [0.2, 0.25) is 0 Å². The Morgan fingerprint density at radius 3 is 3.06 bits per heavy atom. The second-order valence-corrected chi connectivity index (χ2v) is 7.34. The summed E-state index contributed by atoms with van der Waals surface area (Å²) < 4.78 is 5.95. The minimum absolute atomic E-state index is 0.430. The average Bonchev–Trinajstić information content (AvgIpc) is 2.66. The zero-order chi connectivity index (χ0) is 13.0. The van der Waals surface area contributed by atoms with Crippen molar-refractivity contribution >= 4 is 11.8 Å². The van der Waals surface area contributed by atoms with E-state index in [1.54, 1.807) is 6.26 Å². The first-order valence-corrected chi connectivity index (χ1v) is 7.65. The van der Waals surface area contributed by atoms with E-state index in [1.807, 2.05) is 7.05 Å². The van der Waals surface area contributed by atoms with E-state index < -0.39 is 0 Å². The third-order valence-electron chi connectivity index (χ3n) is 3.50. The van der Waals surface area contributed by atoms with Crippen LogP contribution in [0.25, 0.3) is 0 Å². The average molecular weight is 268 g/mol. The maximum atomic E-state index is 5.52. The molecule has 0 spiro atoms. The van der Waals surface area contributed by atoms with Crippen molar-refractivity contribution in [3.8, 4) is 0 Å². The van der Waals surface area contributed by atoms with Crippen LogP contribution in [0.1, 0.15) is 31.6 Å². The number of hydrogen-bond donors (Lipinski definition) is 1. The Bertz CT molecular complexity index is 376. The van der Waals surface area contributed by atoms with Crippen molar-refractivity contribution in [2.45, 2.75) is 38.1 Å². The molecule has 0 aromatic carbocycles. The largest absolute Gasteiger partial charge is 0.468 e. The molecule has 1 fully saturated rings. The molecule has 0 amide bonds. The van der Waals surface area contributed by atoms with Gasteiger partial charge in [-0.2, -0.15) is 11.8 Å². The molecule has 1 aliphatic rings. The molecule has 18 heavy (non-hydrogen) atoms. The maximum absolute atomic E-state index is 5.52. The Balaban J connectivity index is 1.94. The number of rotatable bonds is 4. The normalized spacial score (nSPS) is 20.8. The Morgan fingerprint density at radius 1 is 1.44 bits per heavy atom. The van der Waals surface area contributed by atoms with Gasteiger partial charge in [-0.25, -0.2) is 0 Å². The topological polar surface area (TPSA) is 28.4 Å². The second-order valence-electron chi connectivity index (χ2n) is 5.53. The SMILES string of the molecule is CNCc1occc1CN1CCSC(C)(C)CC1. The molecule has 1 aromatic rings. The minimum atomic E-state index is 0.430. The van der Waals surface area contributed by atoms with Crippen molar-refractivity contribution in [3.63, 3.8) is 0 Å². The lowest BCUT2D eigenvalue weighted by Crippen LogP contribution is -2.27. The summed E-state index contributed by atoms with van der Waals surface area (Å²) in [5.74, 6) is 2.31. The van der Waals surface area contributed by atoms with Crippen LogP contribution in [-0.2, 0) is 13.1 Å². The van der Waals surface area contributed by atoms with E-state index in [4.69, 9.17) is 4.42 Å². The van der Waals surface area contributed by atoms with Gasteiger partial charge in [0.2, 0.25) is 0 Å². The highest BCUT2D eigenvalue weighted by Gasteiger charge is 2.24. The number of thioether (sulfide) groups is 1. The van der Waals surface area contributed by atoms with Crippen molar-refractivity contribution in [2.24, 2.45) is 0 Å². The molecule has 1 aromatic heterocycles. The first kappa shape index (κ1) is 14.0. The molecular weight excluding hydrogens is 244 g/mol. The molecule has 1 N–H and O–H groups in total. The molecule has 4 heteroatoms. The van der Waals surface area contributed by atoms with Crippen LogP contribution in [0, 0.1) is 0 Å². The van der Waals surface area contributed by atoms with Gasteiger partial charge in [0.15, 0.2) is 0 Å². The predicted octanol–water partition coefficient (Wildman–Crippen LogP) is 2.72. The minimum Gasteiger partial charge on any atom is -0.468 e. The zero-order valence-electron chi connectivity index (χ0n) is 11.7. The van der Waals surface area contributed by atoms with E-state index in [-0.39, 0.29) is 0 Å². The van der Waals surface area contributed by atoms with Gasteiger partial charge in [0.25, 0.3) is 0 Å². The number of nitrogens with one attached hydrogen (secondary N) is 1. The molecule has 0 unspecified atom stereocenters. The Morgan fingerprint density at radius 2 is 2.28 bits per heavy atom. The van der Waals surface area contributed by atoms with Crippen LogP contribution in [0.3, 0.4) is 0 Å². The Kier molecular flexibility index (Phi) is 4.76. The fourth-order valence-electron chi connectivity index (χ4n) is 2.28. The van der Waals surface area contributed by atoms with Crippen LogP contribution in [-0.4, -0.2) is 35.5 Å². The van der Waals surface area contributed by atoms with E-state index in [2.05, 4.69) is 41.9 Å². The molecule has 0 atom stereocenters. The highest BCUT2D eigenvalue weighted by molar-refractivity contribution is 8.00. The van der Waals surface area contributed by atoms with Crippen LogP contribution in [0.15, 0.2) is 16.7 Å². The molecule has 1 aliphatic heterocycles. The lowest BCUT2D eigenvalue weighted by molar-refractivity contribution is 0.273. The van der Waals surface area contributed by atoms with Crippen molar-refractivity contribution < 1.29 is 4.42 Å². The summed E-state index contributed by atoms with van der Waals surface area (Å²) in [4.78, 5) is 2.55. The summed E-state index contributed by atoms with van der Waals surface area (Å²) in [5.41, 5.74) is 1.33. The summed E-state index contributed by atoms with van der Waals surface area (Å²) in [6.45, 7) is 8.90. The first-order valence-electron chi connectivity index (χ1n) is 6.67.